The lowest BCUT2D eigenvalue weighted by Gasteiger charge is -2.06. The molecular weight excluding hydrogens is 243 g/mol. The third-order valence-electron chi connectivity index (χ3n) is 2.20. The number of rotatable bonds is 5. The van der Waals surface area contributed by atoms with Crippen LogP contribution in [0.5, 0.6) is 0 Å². The number of hydrogen-bond acceptors (Lipinski definition) is 4. The van der Waals surface area contributed by atoms with Crippen LogP contribution in [0.4, 0.5) is 10.1 Å². The highest BCUT2D eigenvalue weighted by Crippen LogP contribution is 2.16. The first-order valence-corrected chi connectivity index (χ1v) is 5.31. The van der Waals surface area contributed by atoms with E-state index in [1.165, 1.54) is 0 Å². The molecule has 6 nitrogen and oxygen atoms in total. The first-order chi connectivity index (χ1) is 8.40. The number of benzene rings is 1. The number of non-ortho nitro benzene ring substituents is 1. The second-order valence-electron chi connectivity index (χ2n) is 3.85. The zero-order valence-corrected chi connectivity index (χ0v) is 9.72. The van der Waals surface area contributed by atoms with Gasteiger partial charge in [-0.05, 0) is 19.4 Å². The van der Waals surface area contributed by atoms with Crippen LogP contribution in [0.2, 0.25) is 0 Å². The fourth-order valence-corrected chi connectivity index (χ4v) is 1.31. The van der Waals surface area contributed by atoms with Crippen molar-refractivity contribution in [3.63, 3.8) is 0 Å². The van der Waals surface area contributed by atoms with E-state index >= 15 is 0 Å². The molecule has 0 aliphatic rings. The number of nitro benzene ring substituents is 1. The molecule has 0 aliphatic carbocycles. The van der Waals surface area contributed by atoms with Gasteiger partial charge in [-0.2, -0.15) is 0 Å². The molecule has 1 unspecified atom stereocenters. The molecule has 2 N–H and O–H groups in total. The number of nitrogens with zero attached hydrogens (tertiary/aromatic N) is 1. The second kappa shape index (κ2) is 6.06. The molecular formula is C11H13FN2O4. The molecule has 18 heavy (non-hydrogen) atoms. The molecule has 0 spiro atoms. The van der Waals surface area contributed by atoms with Gasteiger partial charge in [0.25, 0.3) is 11.6 Å². The van der Waals surface area contributed by atoms with E-state index in [-0.39, 0.29) is 12.1 Å². The smallest absolute Gasteiger partial charge is 0.273 e. The van der Waals surface area contributed by atoms with Crippen molar-refractivity contribution in [1.82, 2.24) is 5.32 Å². The van der Waals surface area contributed by atoms with Crippen LogP contribution < -0.4 is 5.32 Å². The predicted molar refractivity (Wildman–Crippen MR) is 61.7 cm³/mol. The van der Waals surface area contributed by atoms with Crippen molar-refractivity contribution in [3.8, 4) is 0 Å². The van der Waals surface area contributed by atoms with E-state index < -0.39 is 28.4 Å². The molecule has 0 aliphatic heterocycles. The highest BCUT2D eigenvalue weighted by atomic mass is 19.1. The van der Waals surface area contributed by atoms with E-state index in [0.717, 1.165) is 18.2 Å². The van der Waals surface area contributed by atoms with Gasteiger partial charge in [-0.25, -0.2) is 4.39 Å². The standard InChI is InChI=1S/C11H13FN2O4/c1-7(15)2-3-13-11(16)8-4-9(12)6-10(5-8)14(17)18/h4-7,15H,2-3H2,1H3,(H,13,16). The molecule has 0 fully saturated rings. The third kappa shape index (κ3) is 4.10. The number of aliphatic hydroxyl groups is 1. The van der Waals surface area contributed by atoms with Crippen molar-refractivity contribution in [2.75, 3.05) is 6.54 Å². The van der Waals surface area contributed by atoms with Crippen molar-refractivity contribution in [2.24, 2.45) is 0 Å². The molecule has 1 aromatic rings. The Labute approximate surface area is 103 Å². The number of nitrogens with one attached hydrogen (secondary N) is 1. The van der Waals surface area contributed by atoms with Crippen LogP contribution in [0.25, 0.3) is 0 Å². The molecule has 0 aromatic heterocycles. The van der Waals surface area contributed by atoms with Crippen LogP contribution >= 0.6 is 0 Å². The molecule has 1 aromatic carbocycles. The first kappa shape index (κ1) is 14.0. The van der Waals surface area contributed by atoms with Crippen LogP contribution in [-0.4, -0.2) is 28.6 Å². The minimum Gasteiger partial charge on any atom is -0.393 e. The van der Waals surface area contributed by atoms with Gasteiger partial charge in [0.1, 0.15) is 5.82 Å². The third-order valence-corrected chi connectivity index (χ3v) is 2.20. The van der Waals surface area contributed by atoms with E-state index in [1.807, 2.05) is 0 Å². The summed E-state index contributed by atoms with van der Waals surface area (Å²) in [5.74, 6) is -1.46. The van der Waals surface area contributed by atoms with Gasteiger partial charge in [-0.1, -0.05) is 0 Å². The molecule has 1 atom stereocenters. The zero-order chi connectivity index (χ0) is 13.7. The van der Waals surface area contributed by atoms with E-state index in [4.69, 9.17) is 5.11 Å². The molecule has 0 radical (unpaired) electrons. The van der Waals surface area contributed by atoms with Gasteiger partial charge < -0.3 is 10.4 Å². The van der Waals surface area contributed by atoms with Gasteiger partial charge in [0.15, 0.2) is 0 Å². The summed E-state index contributed by atoms with van der Waals surface area (Å²) in [4.78, 5) is 21.3. The number of halogens is 1. The van der Waals surface area contributed by atoms with E-state index in [2.05, 4.69) is 5.32 Å². The van der Waals surface area contributed by atoms with E-state index in [9.17, 15) is 19.3 Å². The molecule has 0 heterocycles. The second-order valence-corrected chi connectivity index (χ2v) is 3.85. The highest BCUT2D eigenvalue weighted by Gasteiger charge is 2.14. The monoisotopic (exact) mass is 256 g/mol. The first-order valence-electron chi connectivity index (χ1n) is 5.31. The molecule has 1 rings (SSSR count). The van der Waals surface area contributed by atoms with E-state index in [1.54, 1.807) is 6.92 Å². The summed E-state index contributed by atoms with van der Waals surface area (Å²) in [5.41, 5.74) is -0.594. The summed E-state index contributed by atoms with van der Waals surface area (Å²) in [5, 5.41) is 21.9. The van der Waals surface area contributed by atoms with Crippen molar-refractivity contribution >= 4 is 11.6 Å². The molecule has 0 saturated carbocycles. The number of amides is 1. The van der Waals surface area contributed by atoms with Crippen LogP contribution in [0.15, 0.2) is 18.2 Å². The molecule has 7 heteroatoms. The fraction of sp³-hybridized carbons (Fsp3) is 0.364. The minimum absolute atomic E-state index is 0.118. The summed E-state index contributed by atoms with van der Waals surface area (Å²) in [6.45, 7) is 1.78. The lowest BCUT2D eigenvalue weighted by Crippen LogP contribution is -2.26. The van der Waals surface area contributed by atoms with Crippen molar-refractivity contribution in [1.29, 1.82) is 0 Å². The predicted octanol–water partition coefficient (Wildman–Crippen LogP) is 1.23. The number of nitro groups is 1. The van der Waals surface area contributed by atoms with Gasteiger partial charge in [-0.15, -0.1) is 0 Å². The van der Waals surface area contributed by atoms with Crippen LogP contribution in [0.3, 0.4) is 0 Å². The van der Waals surface area contributed by atoms with Crippen LogP contribution in [0, 0.1) is 15.9 Å². The van der Waals surface area contributed by atoms with Gasteiger partial charge >= 0.3 is 0 Å². The fourth-order valence-electron chi connectivity index (χ4n) is 1.31. The maximum Gasteiger partial charge on any atom is 0.273 e. The molecule has 0 saturated heterocycles. The number of carbonyl (C=O) groups excluding carboxylic acids is 1. The van der Waals surface area contributed by atoms with Crippen molar-refractivity contribution < 1.29 is 19.2 Å². The maximum atomic E-state index is 13.1. The Bertz CT molecular complexity index is 462. The van der Waals surface area contributed by atoms with Gasteiger partial charge in [0, 0.05) is 18.2 Å². The minimum atomic E-state index is -0.843. The van der Waals surface area contributed by atoms with Crippen molar-refractivity contribution in [3.05, 3.63) is 39.7 Å². The van der Waals surface area contributed by atoms with Crippen LogP contribution in [0.1, 0.15) is 23.7 Å². The van der Waals surface area contributed by atoms with Gasteiger partial charge in [0.2, 0.25) is 0 Å². The van der Waals surface area contributed by atoms with E-state index in [0.29, 0.717) is 6.42 Å². The van der Waals surface area contributed by atoms with Gasteiger partial charge in [0.05, 0.1) is 17.1 Å². The lowest BCUT2D eigenvalue weighted by atomic mass is 10.1. The van der Waals surface area contributed by atoms with Crippen LogP contribution in [-0.2, 0) is 0 Å². The Morgan fingerprint density at radius 1 is 1.56 bits per heavy atom. The van der Waals surface area contributed by atoms with Gasteiger partial charge in [-0.3, -0.25) is 14.9 Å². The number of carbonyl (C=O) groups is 1. The Hall–Kier alpha value is -2.02. The summed E-state index contributed by atoms with van der Waals surface area (Å²) < 4.78 is 13.1. The summed E-state index contributed by atoms with van der Waals surface area (Å²) in [6, 6.07) is 2.66. The Kier molecular flexibility index (Phi) is 4.73. The Balaban J connectivity index is 2.76. The summed E-state index contributed by atoms with van der Waals surface area (Å²) >= 11 is 0. The molecule has 0 bridgehead atoms. The van der Waals surface area contributed by atoms with Crippen molar-refractivity contribution in [2.45, 2.75) is 19.4 Å². The Morgan fingerprint density at radius 3 is 2.78 bits per heavy atom. The number of hydrogen-bond donors (Lipinski definition) is 2. The SMILES string of the molecule is CC(O)CCNC(=O)c1cc(F)cc([N+](=O)[O-])c1. The lowest BCUT2D eigenvalue weighted by molar-refractivity contribution is -0.385. The normalized spacial score (nSPS) is 11.9. The molecule has 98 valence electrons. The quantitative estimate of drug-likeness (QED) is 0.612. The average molecular weight is 256 g/mol. The number of aliphatic hydroxyl groups excluding tert-OH is 1. The topological polar surface area (TPSA) is 92.5 Å². The zero-order valence-electron chi connectivity index (χ0n) is 9.72. The average Bonchev–Trinajstić information content (AvgIpc) is 2.27. The summed E-state index contributed by atoms with van der Waals surface area (Å²) in [6.07, 6.45) is -0.212. The molecule has 1 amide bonds. The largest absolute Gasteiger partial charge is 0.393 e. The maximum absolute atomic E-state index is 13.1. The Morgan fingerprint density at radius 2 is 2.22 bits per heavy atom. The summed E-state index contributed by atoms with van der Waals surface area (Å²) in [7, 11) is 0. The highest BCUT2D eigenvalue weighted by molar-refractivity contribution is 5.94.